The lowest BCUT2D eigenvalue weighted by atomic mass is 10.2. The number of halogens is 2. The lowest BCUT2D eigenvalue weighted by molar-refractivity contribution is 0.631. The van der Waals surface area contributed by atoms with Crippen molar-refractivity contribution in [2.45, 2.75) is 26.3 Å². The Kier molecular flexibility index (Phi) is 4.91. The van der Waals surface area contributed by atoms with Crippen molar-refractivity contribution in [2.24, 2.45) is 0 Å². The van der Waals surface area contributed by atoms with Gasteiger partial charge in [-0.3, -0.25) is 0 Å². The molecule has 0 fully saturated rings. The number of thiazole rings is 1. The maximum Gasteiger partial charge on any atom is 0.134 e. The molecule has 19 heavy (non-hydrogen) atoms. The van der Waals surface area contributed by atoms with E-state index in [1.807, 2.05) is 7.05 Å². The van der Waals surface area contributed by atoms with Crippen molar-refractivity contribution < 1.29 is 4.39 Å². The van der Waals surface area contributed by atoms with Crippen LogP contribution in [0.1, 0.15) is 23.9 Å². The molecule has 0 saturated carbocycles. The summed E-state index contributed by atoms with van der Waals surface area (Å²) in [6.45, 7) is 2.88. The molecule has 0 aliphatic carbocycles. The Morgan fingerprint density at radius 2 is 2.21 bits per heavy atom. The fraction of sp³-hybridized carbons (Fsp3) is 0.357. The Morgan fingerprint density at radius 3 is 2.84 bits per heavy atom. The van der Waals surface area contributed by atoms with E-state index in [4.69, 9.17) is 11.6 Å². The zero-order chi connectivity index (χ0) is 13.8. The Morgan fingerprint density at radius 1 is 1.42 bits per heavy atom. The van der Waals surface area contributed by atoms with Gasteiger partial charge in [0, 0.05) is 22.0 Å². The number of rotatable bonds is 5. The van der Waals surface area contributed by atoms with Gasteiger partial charge in [0.25, 0.3) is 0 Å². The summed E-state index contributed by atoms with van der Waals surface area (Å²) in [5.41, 5.74) is 1.58. The van der Waals surface area contributed by atoms with Crippen LogP contribution in [0, 0.1) is 5.82 Å². The van der Waals surface area contributed by atoms with Crippen LogP contribution in [0.4, 0.5) is 4.39 Å². The minimum Gasteiger partial charge on any atom is -0.315 e. The van der Waals surface area contributed by atoms with E-state index in [9.17, 15) is 4.39 Å². The molecule has 0 saturated heterocycles. The highest BCUT2D eigenvalue weighted by Crippen LogP contribution is 2.31. The van der Waals surface area contributed by atoms with E-state index in [2.05, 4.69) is 17.2 Å². The highest BCUT2D eigenvalue weighted by atomic mass is 35.5. The van der Waals surface area contributed by atoms with Gasteiger partial charge in [-0.2, -0.15) is 0 Å². The van der Waals surface area contributed by atoms with Crippen LogP contribution in [-0.4, -0.2) is 12.0 Å². The van der Waals surface area contributed by atoms with Gasteiger partial charge >= 0.3 is 0 Å². The standard InChI is InChI=1S/C14H16ClFN2S/c1-3-4-12-13(8-17-2)19-14(18-12)10-6-5-9(15)7-11(10)16/h5-7,17H,3-4,8H2,1-2H3. The van der Waals surface area contributed by atoms with Crippen LogP contribution in [-0.2, 0) is 13.0 Å². The first-order valence-electron chi connectivity index (χ1n) is 6.24. The molecule has 0 aliphatic rings. The predicted molar refractivity (Wildman–Crippen MR) is 79.3 cm³/mol. The Hall–Kier alpha value is -0.970. The molecule has 0 radical (unpaired) electrons. The molecule has 1 aromatic carbocycles. The Labute approximate surface area is 121 Å². The molecule has 2 nitrogen and oxygen atoms in total. The molecular weight excluding hydrogens is 283 g/mol. The summed E-state index contributed by atoms with van der Waals surface area (Å²) in [5.74, 6) is -0.319. The van der Waals surface area contributed by atoms with E-state index in [1.165, 1.54) is 10.9 Å². The van der Waals surface area contributed by atoms with Crippen molar-refractivity contribution >= 4 is 22.9 Å². The second-order valence-corrected chi connectivity index (χ2v) is 5.81. The third kappa shape index (κ3) is 3.32. The first kappa shape index (κ1) is 14.4. The molecular formula is C14H16ClFN2S. The van der Waals surface area contributed by atoms with E-state index >= 15 is 0 Å². The van der Waals surface area contributed by atoms with Crippen LogP contribution >= 0.6 is 22.9 Å². The highest BCUT2D eigenvalue weighted by molar-refractivity contribution is 7.15. The van der Waals surface area contributed by atoms with Crippen molar-refractivity contribution in [3.63, 3.8) is 0 Å². The summed E-state index contributed by atoms with van der Waals surface area (Å²) in [4.78, 5) is 5.75. The fourth-order valence-corrected chi connectivity index (χ4v) is 3.20. The zero-order valence-corrected chi connectivity index (χ0v) is 12.5. The van der Waals surface area contributed by atoms with Crippen molar-refractivity contribution in [1.29, 1.82) is 0 Å². The molecule has 0 unspecified atom stereocenters. The van der Waals surface area contributed by atoms with E-state index < -0.39 is 0 Å². The molecule has 2 aromatic rings. The lowest BCUT2D eigenvalue weighted by Crippen LogP contribution is -2.05. The van der Waals surface area contributed by atoms with Gasteiger partial charge in [0.05, 0.1) is 5.69 Å². The van der Waals surface area contributed by atoms with Gasteiger partial charge in [-0.05, 0) is 31.7 Å². The third-order valence-corrected chi connectivity index (χ3v) is 4.13. The summed E-state index contributed by atoms with van der Waals surface area (Å²) < 4.78 is 13.9. The first-order valence-corrected chi connectivity index (χ1v) is 7.43. The largest absolute Gasteiger partial charge is 0.315 e. The topological polar surface area (TPSA) is 24.9 Å². The second-order valence-electron chi connectivity index (χ2n) is 4.29. The van der Waals surface area contributed by atoms with Crippen LogP contribution in [0.5, 0.6) is 0 Å². The number of hydrogen-bond acceptors (Lipinski definition) is 3. The second kappa shape index (κ2) is 6.46. The van der Waals surface area contributed by atoms with Crippen LogP contribution in [0.15, 0.2) is 18.2 Å². The monoisotopic (exact) mass is 298 g/mol. The van der Waals surface area contributed by atoms with Gasteiger partial charge in [-0.1, -0.05) is 24.9 Å². The number of nitrogens with zero attached hydrogens (tertiary/aromatic N) is 1. The SMILES string of the molecule is CCCc1nc(-c2ccc(Cl)cc2F)sc1CNC. The lowest BCUT2D eigenvalue weighted by Gasteiger charge is -1.99. The van der Waals surface area contributed by atoms with Gasteiger partial charge < -0.3 is 5.32 Å². The normalized spacial score (nSPS) is 10.9. The third-order valence-electron chi connectivity index (χ3n) is 2.76. The molecule has 5 heteroatoms. The van der Waals surface area contributed by atoms with Gasteiger partial charge in [-0.15, -0.1) is 11.3 Å². The van der Waals surface area contributed by atoms with Crippen molar-refractivity contribution in [3.8, 4) is 10.6 Å². The van der Waals surface area contributed by atoms with Crippen LogP contribution < -0.4 is 5.32 Å². The molecule has 0 spiro atoms. The number of hydrogen-bond donors (Lipinski definition) is 1. The van der Waals surface area contributed by atoms with Crippen molar-refractivity contribution in [3.05, 3.63) is 39.6 Å². The molecule has 0 atom stereocenters. The van der Waals surface area contributed by atoms with Crippen molar-refractivity contribution in [2.75, 3.05) is 7.05 Å². The zero-order valence-electron chi connectivity index (χ0n) is 11.0. The summed E-state index contributed by atoms with van der Waals surface area (Å²) in [7, 11) is 1.90. The molecule has 0 amide bonds. The molecule has 1 N–H and O–H groups in total. The van der Waals surface area contributed by atoms with Crippen LogP contribution in [0.25, 0.3) is 10.6 Å². The fourth-order valence-electron chi connectivity index (χ4n) is 1.89. The summed E-state index contributed by atoms with van der Waals surface area (Å²) in [6.07, 6.45) is 1.95. The summed E-state index contributed by atoms with van der Waals surface area (Å²) in [6, 6.07) is 4.71. The molecule has 102 valence electrons. The predicted octanol–water partition coefficient (Wildman–Crippen LogP) is 4.27. The highest BCUT2D eigenvalue weighted by Gasteiger charge is 2.14. The van der Waals surface area contributed by atoms with E-state index in [1.54, 1.807) is 23.5 Å². The molecule has 0 bridgehead atoms. The maximum atomic E-state index is 13.9. The first-order chi connectivity index (χ1) is 9.15. The van der Waals surface area contributed by atoms with E-state index in [-0.39, 0.29) is 5.82 Å². The van der Waals surface area contributed by atoms with E-state index in [0.717, 1.165) is 30.1 Å². The number of nitrogens with one attached hydrogen (secondary N) is 1. The Balaban J connectivity index is 2.41. The van der Waals surface area contributed by atoms with Gasteiger partial charge in [0.2, 0.25) is 0 Å². The van der Waals surface area contributed by atoms with Crippen LogP contribution in [0.3, 0.4) is 0 Å². The molecule has 0 aliphatic heterocycles. The number of aryl methyl sites for hydroxylation is 1. The quantitative estimate of drug-likeness (QED) is 0.891. The maximum absolute atomic E-state index is 13.9. The Bertz CT molecular complexity index is 545. The summed E-state index contributed by atoms with van der Waals surface area (Å²) >= 11 is 7.31. The smallest absolute Gasteiger partial charge is 0.134 e. The van der Waals surface area contributed by atoms with Gasteiger partial charge in [-0.25, -0.2) is 9.37 Å². The van der Waals surface area contributed by atoms with Gasteiger partial charge in [0.1, 0.15) is 10.8 Å². The number of benzene rings is 1. The number of aromatic nitrogens is 1. The molecule has 1 aromatic heterocycles. The average molecular weight is 299 g/mol. The minimum absolute atomic E-state index is 0.319. The molecule has 1 heterocycles. The van der Waals surface area contributed by atoms with Crippen molar-refractivity contribution in [1.82, 2.24) is 10.3 Å². The summed E-state index contributed by atoms with van der Waals surface area (Å²) in [5, 5.41) is 4.26. The van der Waals surface area contributed by atoms with Gasteiger partial charge in [0.15, 0.2) is 0 Å². The minimum atomic E-state index is -0.319. The van der Waals surface area contributed by atoms with Crippen LogP contribution in [0.2, 0.25) is 5.02 Å². The van der Waals surface area contributed by atoms with E-state index in [0.29, 0.717) is 10.6 Å². The molecule has 2 rings (SSSR count). The average Bonchev–Trinajstić information content (AvgIpc) is 2.73.